The van der Waals surface area contributed by atoms with E-state index in [4.69, 9.17) is 5.84 Å². The number of nitrogens with zero attached hydrogens (tertiary/aromatic N) is 2. The van der Waals surface area contributed by atoms with Crippen LogP contribution in [0.1, 0.15) is 20.1 Å². The summed E-state index contributed by atoms with van der Waals surface area (Å²) in [5.41, 5.74) is 2.26. The van der Waals surface area contributed by atoms with E-state index in [9.17, 15) is 19.7 Å². The fourth-order valence-corrected chi connectivity index (χ4v) is 2.73. The van der Waals surface area contributed by atoms with Gasteiger partial charge in [-0.25, -0.2) is 5.84 Å². The summed E-state index contributed by atoms with van der Waals surface area (Å²) < 4.78 is 1.23. The van der Waals surface area contributed by atoms with Gasteiger partial charge in [0.15, 0.2) is 0 Å². The normalized spacial score (nSPS) is 10.4. The molecule has 0 atom stereocenters. The van der Waals surface area contributed by atoms with E-state index in [2.05, 4.69) is 0 Å². The summed E-state index contributed by atoms with van der Waals surface area (Å²) in [6, 6.07) is 3.92. The van der Waals surface area contributed by atoms with Crippen LogP contribution in [0, 0.1) is 17.0 Å². The summed E-state index contributed by atoms with van der Waals surface area (Å²) in [6.07, 6.45) is 1.18. The first-order valence-corrected chi connectivity index (χ1v) is 6.69. The van der Waals surface area contributed by atoms with Crippen molar-refractivity contribution in [2.75, 3.05) is 0 Å². The molecule has 0 spiro atoms. The molecule has 2 rings (SSSR count). The molecule has 0 unspecified atom stereocenters. The first-order chi connectivity index (χ1) is 9.92. The van der Waals surface area contributed by atoms with Crippen LogP contribution >= 0.6 is 11.3 Å². The number of hydrogen-bond acceptors (Lipinski definition) is 6. The van der Waals surface area contributed by atoms with Gasteiger partial charge >= 0.3 is 0 Å². The number of nitrogen functional groups attached to an aromatic ring is 1. The Morgan fingerprint density at radius 1 is 1.52 bits per heavy atom. The number of nitrogens with two attached hydrogens (primary N) is 1. The van der Waals surface area contributed by atoms with Crippen molar-refractivity contribution in [2.24, 2.45) is 5.84 Å². The van der Waals surface area contributed by atoms with Crippen LogP contribution in [0.3, 0.4) is 0 Å². The highest BCUT2D eigenvalue weighted by molar-refractivity contribution is 7.14. The number of hydrazine groups is 1. The van der Waals surface area contributed by atoms with E-state index in [0.29, 0.717) is 4.88 Å². The summed E-state index contributed by atoms with van der Waals surface area (Å²) in [5, 5.41) is 10.7. The van der Waals surface area contributed by atoms with Gasteiger partial charge in [0.05, 0.1) is 22.5 Å². The maximum atomic E-state index is 11.8. The largest absolute Gasteiger partial charge is 0.304 e. The Morgan fingerprint density at radius 3 is 2.86 bits per heavy atom. The maximum absolute atomic E-state index is 11.8. The van der Waals surface area contributed by atoms with E-state index in [1.807, 2.05) is 5.43 Å². The van der Waals surface area contributed by atoms with E-state index in [0.717, 1.165) is 22.6 Å². The summed E-state index contributed by atoms with van der Waals surface area (Å²) in [7, 11) is 0. The Hall–Kier alpha value is -2.52. The number of nitro groups is 1. The zero-order chi connectivity index (χ0) is 15.6. The molecule has 0 aliphatic heterocycles. The van der Waals surface area contributed by atoms with Gasteiger partial charge in [-0.05, 0) is 18.6 Å². The minimum absolute atomic E-state index is 0.153. The average molecular weight is 308 g/mol. The van der Waals surface area contributed by atoms with Crippen LogP contribution < -0.4 is 16.8 Å². The van der Waals surface area contributed by atoms with E-state index in [-0.39, 0.29) is 17.8 Å². The van der Waals surface area contributed by atoms with Crippen molar-refractivity contribution in [1.82, 2.24) is 9.99 Å². The van der Waals surface area contributed by atoms with Crippen LogP contribution in [0.25, 0.3) is 0 Å². The molecule has 0 fully saturated rings. The van der Waals surface area contributed by atoms with Crippen molar-refractivity contribution in [2.45, 2.75) is 13.5 Å². The topological polar surface area (TPSA) is 120 Å². The number of aromatic nitrogens is 1. The molecule has 110 valence electrons. The number of pyridine rings is 1. The Bertz CT molecular complexity index is 765. The van der Waals surface area contributed by atoms with Crippen LogP contribution in [0.2, 0.25) is 0 Å². The van der Waals surface area contributed by atoms with Crippen molar-refractivity contribution in [3.05, 3.63) is 60.2 Å². The highest BCUT2D eigenvalue weighted by Gasteiger charge is 2.13. The Balaban J connectivity index is 2.36. The Labute approximate surface area is 122 Å². The molecule has 0 aromatic carbocycles. The molecule has 1 amide bonds. The summed E-state index contributed by atoms with van der Waals surface area (Å²) >= 11 is 1.24. The number of hydrogen-bond donors (Lipinski definition) is 2. The lowest BCUT2D eigenvalue weighted by atomic mass is 10.2. The van der Waals surface area contributed by atoms with Crippen molar-refractivity contribution in [3.63, 3.8) is 0 Å². The molecule has 0 aliphatic carbocycles. The first kappa shape index (κ1) is 14.9. The number of carbonyl (C=O) groups excluding carboxylic acids is 1. The zero-order valence-corrected chi connectivity index (χ0v) is 11.8. The van der Waals surface area contributed by atoms with Crippen molar-refractivity contribution < 1.29 is 9.72 Å². The van der Waals surface area contributed by atoms with E-state index < -0.39 is 10.8 Å². The highest BCUT2D eigenvalue weighted by Crippen LogP contribution is 2.22. The predicted molar refractivity (Wildman–Crippen MR) is 77.2 cm³/mol. The first-order valence-electron chi connectivity index (χ1n) is 5.87. The van der Waals surface area contributed by atoms with Gasteiger partial charge in [0.25, 0.3) is 17.2 Å². The zero-order valence-electron chi connectivity index (χ0n) is 11.0. The third-order valence-corrected chi connectivity index (χ3v) is 3.99. The average Bonchev–Trinajstić information content (AvgIpc) is 2.81. The lowest BCUT2D eigenvalue weighted by Crippen LogP contribution is -2.29. The maximum Gasteiger partial charge on any atom is 0.285 e. The molecule has 8 nitrogen and oxygen atoms in total. The van der Waals surface area contributed by atoms with Gasteiger partial charge in [0.1, 0.15) is 0 Å². The molecule has 3 N–H and O–H groups in total. The van der Waals surface area contributed by atoms with Crippen LogP contribution in [0.15, 0.2) is 29.2 Å². The van der Waals surface area contributed by atoms with Crippen LogP contribution in [-0.2, 0) is 6.54 Å². The van der Waals surface area contributed by atoms with Gasteiger partial charge in [0.2, 0.25) is 0 Å². The molecule has 0 saturated carbocycles. The Morgan fingerprint density at radius 2 is 2.24 bits per heavy atom. The lowest BCUT2D eigenvalue weighted by Gasteiger charge is -2.04. The molecule has 9 heteroatoms. The highest BCUT2D eigenvalue weighted by atomic mass is 32.1. The number of thiophene rings is 1. The SMILES string of the molecule is Cc1sc(C(=O)NN)cc1Cn1cc([N+](=O)[O-])ccc1=O. The second kappa shape index (κ2) is 5.85. The van der Waals surface area contributed by atoms with Crippen molar-refractivity contribution in [1.29, 1.82) is 0 Å². The lowest BCUT2D eigenvalue weighted by molar-refractivity contribution is -0.385. The minimum atomic E-state index is -0.566. The van der Waals surface area contributed by atoms with Crippen LogP contribution in [0.4, 0.5) is 5.69 Å². The molecule has 0 saturated heterocycles. The molecule has 0 bridgehead atoms. The molecular weight excluding hydrogens is 296 g/mol. The second-order valence-electron chi connectivity index (χ2n) is 4.28. The summed E-state index contributed by atoms with van der Waals surface area (Å²) in [6.45, 7) is 1.95. The molecule has 21 heavy (non-hydrogen) atoms. The smallest absolute Gasteiger partial charge is 0.285 e. The van der Waals surface area contributed by atoms with E-state index >= 15 is 0 Å². The third kappa shape index (κ3) is 3.15. The fourth-order valence-electron chi connectivity index (χ4n) is 1.79. The third-order valence-electron chi connectivity index (χ3n) is 2.89. The van der Waals surface area contributed by atoms with Gasteiger partial charge in [0, 0.05) is 17.0 Å². The Kier molecular flexibility index (Phi) is 4.15. The molecule has 2 heterocycles. The predicted octanol–water partition coefficient (Wildman–Crippen LogP) is 0.778. The van der Waals surface area contributed by atoms with Gasteiger partial charge < -0.3 is 4.57 Å². The quantitative estimate of drug-likeness (QED) is 0.374. The number of carbonyl (C=O) groups is 1. The number of aryl methyl sites for hydroxylation is 1. The number of nitrogens with one attached hydrogen (secondary N) is 1. The molecule has 2 aromatic rings. The van der Waals surface area contributed by atoms with Gasteiger partial charge in [-0.1, -0.05) is 0 Å². The number of amides is 1. The van der Waals surface area contributed by atoms with E-state index in [1.54, 1.807) is 13.0 Å². The minimum Gasteiger partial charge on any atom is -0.304 e. The molecule has 2 aromatic heterocycles. The van der Waals surface area contributed by atoms with Crippen LogP contribution in [-0.4, -0.2) is 15.4 Å². The number of rotatable bonds is 4. The van der Waals surface area contributed by atoms with Gasteiger partial charge in [-0.15, -0.1) is 11.3 Å². The molecule has 0 aliphatic rings. The van der Waals surface area contributed by atoms with Gasteiger partial charge in [-0.3, -0.25) is 25.1 Å². The summed E-state index contributed by atoms with van der Waals surface area (Å²) in [5.74, 6) is 4.65. The van der Waals surface area contributed by atoms with E-state index in [1.165, 1.54) is 22.1 Å². The summed E-state index contributed by atoms with van der Waals surface area (Å²) in [4.78, 5) is 34.6. The second-order valence-corrected chi connectivity index (χ2v) is 5.53. The molecule has 0 radical (unpaired) electrons. The van der Waals surface area contributed by atoms with Gasteiger partial charge in [-0.2, -0.15) is 0 Å². The van der Waals surface area contributed by atoms with Crippen molar-refractivity contribution in [3.8, 4) is 0 Å². The monoisotopic (exact) mass is 308 g/mol. The molecular formula is C12H12N4O4S. The van der Waals surface area contributed by atoms with Crippen LogP contribution in [0.5, 0.6) is 0 Å². The standard InChI is InChI=1S/C12H12N4O4S/c1-7-8(4-10(21-7)12(18)14-13)5-15-6-9(16(19)20)2-3-11(15)17/h2-4,6H,5,13H2,1H3,(H,14,18). The van der Waals surface area contributed by atoms with Crippen molar-refractivity contribution >= 4 is 22.9 Å². The fraction of sp³-hybridized carbons (Fsp3) is 0.167.